The molecule has 1 saturated heterocycles. The van der Waals surface area contributed by atoms with Crippen LogP contribution in [0.15, 0.2) is 84.2 Å². The minimum atomic E-state index is -1.05. The number of benzene rings is 3. The molecule has 8 nitrogen and oxygen atoms in total. The Balaban J connectivity index is 1.48. The van der Waals surface area contributed by atoms with Crippen molar-refractivity contribution >= 4 is 34.6 Å². The number of thiophene rings is 1. The van der Waals surface area contributed by atoms with Crippen LogP contribution in [0.25, 0.3) is 0 Å². The summed E-state index contributed by atoms with van der Waals surface area (Å²) in [5.74, 6) is -0.0844. The van der Waals surface area contributed by atoms with Gasteiger partial charge in [0.2, 0.25) is 0 Å². The number of carboxylic acid groups (broad SMARTS) is 1. The van der Waals surface area contributed by atoms with Crippen LogP contribution in [0.3, 0.4) is 0 Å². The number of anilines is 2. The third kappa shape index (κ3) is 6.87. The Hall–Kier alpha value is -4.34. The maximum atomic E-state index is 13.8. The Kier molecular flexibility index (Phi) is 9.18. The largest absolute Gasteiger partial charge is 0.490 e. The number of aromatic carboxylic acids is 1. The summed E-state index contributed by atoms with van der Waals surface area (Å²) >= 11 is 1.62. The highest BCUT2D eigenvalue weighted by Gasteiger charge is 2.24. The van der Waals surface area contributed by atoms with Crippen molar-refractivity contribution < 1.29 is 28.9 Å². The summed E-state index contributed by atoms with van der Waals surface area (Å²) in [5.41, 5.74) is 2.56. The van der Waals surface area contributed by atoms with Crippen LogP contribution in [0, 0.1) is 0 Å². The lowest BCUT2D eigenvalue weighted by Crippen LogP contribution is -2.37. The van der Waals surface area contributed by atoms with Crippen molar-refractivity contribution in [3.05, 3.63) is 106 Å². The number of hydrogen-bond donors (Lipinski definition) is 1. The fourth-order valence-electron chi connectivity index (χ4n) is 4.72. The number of hydrogen-bond acceptors (Lipinski definition) is 7. The lowest BCUT2D eigenvalue weighted by Gasteiger charge is -2.31. The van der Waals surface area contributed by atoms with Gasteiger partial charge in [0, 0.05) is 29.2 Å². The molecule has 1 aliphatic rings. The van der Waals surface area contributed by atoms with E-state index in [2.05, 4.69) is 0 Å². The number of carbonyl (C=O) groups excluding carboxylic acids is 1. The number of ether oxygens (including phenoxy) is 3. The van der Waals surface area contributed by atoms with Gasteiger partial charge in [-0.25, -0.2) is 4.79 Å². The number of amides is 1. The fraction of sp³-hybridized carbons (Fsp3) is 0.250. The number of rotatable bonds is 11. The highest BCUT2D eigenvalue weighted by molar-refractivity contribution is 7.09. The van der Waals surface area contributed by atoms with Crippen molar-refractivity contribution in [2.75, 3.05) is 42.7 Å². The normalized spacial score (nSPS) is 13.0. The molecule has 0 unspecified atom stereocenters. The molecule has 1 aliphatic heterocycles. The summed E-state index contributed by atoms with van der Waals surface area (Å²) in [6, 6.07) is 23.8. The minimum Gasteiger partial charge on any atom is -0.490 e. The second-order valence-corrected chi connectivity index (χ2v) is 10.5. The first-order valence-corrected chi connectivity index (χ1v) is 14.4. The van der Waals surface area contributed by atoms with Crippen molar-refractivity contribution in [2.45, 2.75) is 20.1 Å². The maximum Gasteiger partial charge on any atom is 0.337 e. The second kappa shape index (κ2) is 13.3. The molecule has 1 fully saturated rings. The van der Waals surface area contributed by atoms with Gasteiger partial charge in [-0.1, -0.05) is 30.3 Å². The van der Waals surface area contributed by atoms with E-state index >= 15 is 0 Å². The van der Waals surface area contributed by atoms with E-state index < -0.39 is 5.97 Å². The number of carbonyl (C=O) groups is 2. The van der Waals surface area contributed by atoms with E-state index in [1.165, 1.54) is 0 Å². The summed E-state index contributed by atoms with van der Waals surface area (Å²) < 4.78 is 17.4. The third-order valence-corrected chi connectivity index (χ3v) is 7.59. The quantitative estimate of drug-likeness (QED) is 0.232. The first-order chi connectivity index (χ1) is 20.0. The molecular weight excluding hydrogens is 540 g/mol. The minimum absolute atomic E-state index is 0.141. The number of morpholine rings is 1. The fourth-order valence-corrected chi connectivity index (χ4v) is 5.34. The highest BCUT2D eigenvalue weighted by Crippen LogP contribution is 2.33. The van der Waals surface area contributed by atoms with E-state index in [1.54, 1.807) is 46.6 Å². The molecule has 4 aromatic rings. The molecule has 1 aromatic heterocycles. The summed E-state index contributed by atoms with van der Waals surface area (Å²) in [6.45, 7) is 5.28. The average molecular weight is 573 g/mol. The van der Waals surface area contributed by atoms with Crippen LogP contribution >= 0.6 is 11.3 Å². The Morgan fingerprint density at radius 3 is 2.46 bits per heavy atom. The molecule has 1 amide bonds. The molecule has 0 atom stereocenters. The number of nitrogens with zero attached hydrogens (tertiary/aromatic N) is 2. The van der Waals surface area contributed by atoms with Crippen LogP contribution < -0.4 is 19.3 Å². The molecule has 1 N–H and O–H groups in total. The van der Waals surface area contributed by atoms with Crippen molar-refractivity contribution in [3.63, 3.8) is 0 Å². The highest BCUT2D eigenvalue weighted by atomic mass is 32.1. The van der Waals surface area contributed by atoms with Gasteiger partial charge in [0.25, 0.3) is 5.91 Å². The molecule has 0 aliphatic carbocycles. The van der Waals surface area contributed by atoms with Gasteiger partial charge in [-0.2, -0.15) is 0 Å². The molecule has 3 aromatic carbocycles. The van der Waals surface area contributed by atoms with Gasteiger partial charge in [-0.3, -0.25) is 4.79 Å². The molecule has 41 heavy (non-hydrogen) atoms. The van der Waals surface area contributed by atoms with Gasteiger partial charge in [0.15, 0.2) is 11.5 Å². The summed E-state index contributed by atoms with van der Waals surface area (Å²) in [4.78, 5) is 30.9. The maximum absolute atomic E-state index is 13.8. The van der Waals surface area contributed by atoms with Gasteiger partial charge >= 0.3 is 5.97 Å². The van der Waals surface area contributed by atoms with Crippen LogP contribution in [0.4, 0.5) is 11.4 Å². The van der Waals surface area contributed by atoms with Gasteiger partial charge < -0.3 is 29.1 Å². The SMILES string of the molecule is CCOc1cc(CN(C(=O)c2ccccc2)c2ccc(N3CCOCC3)c(C(=O)O)c2)ccc1OCc1cccs1. The first kappa shape index (κ1) is 28.2. The summed E-state index contributed by atoms with van der Waals surface area (Å²) in [6.07, 6.45) is 0. The lowest BCUT2D eigenvalue weighted by atomic mass is 10.1. The molecule has 0 radical (unpaired) electrons. The van der Waals surface area contributed by atoms with Crippen LogP contribution in [-0.2, 0) is 17.9 Å². The molecule has 9 heteroatoms. The number of carboxylic acids is 1. The zero-order valence-corrected chi connectivity index (χ0v) is 23.6. The summed E-state index contributed by atoms with van der Waals surface area (Å²) in [7, 11) is 0. The van der Waals surface area contributed by atoms with Crippen LogP contribution in [0.1, 0.15) is 38.1 Å². The topological polar surface area (TPSA) is 88.5 Å². The molecule has 0 bridgehead atoms. The predicted molar refractivity (Wildman–Crippen MR) is 160 cm³/mol. The zero-order valence-electron chi connectivity index (χ0n) is 22.8. The van der Waals surface area contributed by atoms with E-state index in [0.29, 0.717) is 68.0 Å². The molecule has 0 saturated carbocycles. The molecular formula is C32H32N2O6S. The average Bonchev–Trinajstić information content (AvgIpc) is 3.54. The van der Waals surface area contributed by atoms with Crippen LogP contribution in [0.5, 0.6) is 11.5 Å². The van der Waals surface area contributed by atoms with Crippen molar-refractivity contribution in [1.82, 2.24) is 0 Å². The van der Waals surface area contributed by atoms with E-state index in [0.717, 1.165) is 10.4 Å². The molecule has 5 rings (SSSR count). The second-order valence-electron chi connectivity index (χ2n) is 9.45. The monoisotopic (exact) mass is 572 g/mol. The predicted octanol–water partition coefficient (Wildman–Crippen LogP) is 6.11. The molecule has 212 valence electrons. The smallest absolute Gasteiger partial charge is 0.337 e. The van der Waals surface area contributed by atoms with Crippen molar-refractivity contribution in [3.8, 4) is 11.5 Å². The van der Waals surface area contributed by atoms with E-state index in [-0.39, 0.29) is 18.0 Å². The van der Waals surface area contributed by atoms with E-state index in [4.69, 9.17) is 14.2 Å². The van der Waals surface area contributed by atoms with Gasteiger partial charge in [0.1, 0.15) is 6.61 Å². The van der Waals surface area contributed by atoms with E-state index in [9.17, 15) is 14.7 Å². The van der Waals surface area contributed by atoms with E-state index in [1.807, 2.05) is 65.7 Å². The van der Waals surface area contributed by atoms with Gasteiger partial charge in [-0.05, 0) is 66.4 Å². The Bertz CT molecular complexity index is 1470. The van der Waals surface area contributed by atoms with Gasteiger partial charge in [-0.15, -0.1) is 11.3 Å². The molecule has 2 heterocycles. The zero-order chi connectivity index (χ0) is 28.6. The first-order valence-electron chi connectivity index (χ1n) is 13.5. The molecule has 0 spiro atoms. The van der Waals surface area contributed by atoms with Crippen molar-refractivity contribution in [2.24, 2.45) is 0 Å². The Labute approximate surface area is 243 Å². The van der Waals surface area contributed by atoms with Gasteiger partial charge in [0.05, 0.1) is 37.6 Å². The van der Waals surface area contributed by atoms with Crippen LogP contribution in [-0.4, -0.2) is 49.9 Å². The summed E-state index contributed by atoms with van der Waals surface area (Å²) in [5, 5.41) is 12.1. The standard InChI is InChI=1S/C32H32N2O6S/c1-2-39-30-19-23(10-13-29(30)40-22-26-9-6-18-41-26)21-34(31(35)24-7-4-3-5-8-24)25-11-12-28(27(20-25)32(36)37)33-14-16-38-17-15-33/h3-13,18-20H,2,14-17,21-22H2,1H3,(H,36,37). The van der Waals surface area contributed by atoms with Crippen LogP contribution in [0.2, 0.25) is 0 Å². The third-order valence-electron chi connectivity index (χ3n) is 6.74. The van der Waals surface area contributed by atoms with Crippen molar-refractivity contribution in [1.29, 1.82) is 0 Å². The Morgan fingerprint density at radius 1 is 0.951 bits per heavy atom. The lowest BCUT2D eigenvalue weighted by molar-refractivity contribution is 0.0695. The Morgan fingerprint density at radius 2 is 1.76 bits per heavy atom.